The van der Waals surface area contributed by atoms with E-state index < -0.39 is 24.5 Å². The van der Waals surface area contributed by atoms with Crippen LogP contribution in [0.5, 0.6) is 0 Å². The van der Waals surface area contributed by atoms with Crippen LogP contribution in [0.25, 0.3) is 0 Å². The predicted octanol–water partition coefficient (Wildman–Crippen LogP) is 1.28. The van der Waals surface area contributed by atoms with E-state index in [4.69, 9.17) is 26.8 Å². The van der Waals surface area contributed by atoms with Crippen molar-refractivity contribution >= 4 is 11.9 Å². The zero-order chi connectivity index (χ0) is 20.5. The van der Waals surface area contributed by atoms with Gasteiger partial charge in [0.1, 0.15) is 0 Å². The Morgan fingerprint density at radius 2 is 1.15 bits per heavy atom. The van der Waals surface area contributed by atoms with Gasteiger partial charge < -0.3 is 26.8 Å². The molecule has 0 amide bonds. The van der Waals surface area contributed by atoms with E-state index in [1.807, 2.05) is 36.4 Å². The number of aliphatic carboxylic acids is 2. The molecule has 0 aliphatic heterocycles. The number of aliphatic hydroxyl groups is 1. The molecule has 2 aromatic carbocycles. The number of hydrogen-bond acceptors (Lipinski definition) is 5. The maximum absolute atomic E-state index is 9.72. The summed E-state index contributed by atoms with van der Waals surface area (Å²) in [5.74, 6) is -2.85. The van der Waals surface area contributed by atoms with Gasteiger partial charge in [-0.05, 0) is 37.1 Å². The number of benzene rings is 2. The first-order valence-electron chi connectivity index (χ1n) is 8.51. The molecule has 0 fully saturated rings. The fourth-order valence-electron chi connectivity index (χ4n) is 1.88. The standard InChI is InChI=1S/2C8H11N.C4H6O5/c2*9-7-6-8-4-2-1-3-5-8;5-2(4(8)9)1-3(6)7/h2*1-5H,6-7,9H2;2,5H,1H2,(H,6,7)(H,8,9). The third-order valence-corrected chi connectivity index (χ3v) is 3.20. The highest BCUT2D eigenvalue weighted by molar-refractivity contribution is 5.79. The van der Waals surface area contributed by atoms with Gasteiger partial charge in [-0.3, -0.25) is 4.79 Å². The van der Waals surface area contributed by atoms with Crippen LogP contribution in [0.4, 0.5) is 0 Å². The monoisotopic (exact) mass is 376 g/mol. The van der Waals surface area contributed by atoms with Crippen molar-refractivity contribution in [3.8, 4) is 0 Å². The Morgan fingerprint density at radius 3 is 1.37 bits per heavy atom. The van der Waals surface area contributed by atoms with Gasteiger partial charge in [0.25, 0.3) is 0 Å². The lowest BCUT2D eigenvalue weighted by atomic mass is 10.2. The zero-order valence-corrected chi connectivity index (χ0v) is 15.2. The lowest BCUT2D eigenvalue weighted by molar-refractivity contribution is -0.152. The van der Waals surface area contributed by atoms with E-state index in [0.717, 1.165) is 25.9 Å². The van der Waals surface area contributed by atoms with Gasteiger partial charge >= 0.3 is 11.9 Å². The Bertz CT molecular complexity index is 594. The van der Waals surface area contributed by atoms with Gasteiger partial charge in [0.15, 0.2) is 6.10 Å². The number of nitrogens with two attached hydrogens (primary N) is 2. The Kier molecular flexibility index (Phi) is 13.9. The summed E-state index contributed by atoms with van der Waals surface area (Å²) in [5, 5.41) is 24.1. The lowest BCUT2D eigenvalue weighted by Gasteiger charge is -1.97. The maximum atomic E-state index is 9.72. The van der Waals surface area contributed by atoms with Gasteiger partial charge in [-0.2, -0.15) is 0 Å². The Hall–Kier alpha value is -2.74. The van der Waals surface area contributed by atoms with E-state index in [1.54, 1.807) is 0 Å². The summed E-state index contributed by atoms with van der Waals surface area (Å²) >= 11 is 0. The summed E-state index contributed by atoms with van der Waals surface area (Å²) in [4.78, 5) is 19.4. The fraction of sp³-hybridized carbons (Fsp3) is 0.300. The van der Waals surface area contributed by atoms with Crippen molar-refractivity contribution in [2.24, 2.45) is 11.5 Å². The Morgan fingerprint density at radius 1 is 0.778 bits per heavy atom. The van der Waals surface area contributed by atoms with Crippen LogP contribution < -0.4 is 11.5 Å². The summed E-state index contributed by atoms with van der Waals surface area (Å²) in [6.45, 7) is 1.48. The molecule has 0 radical (unpaired) electrons. The van der Waals surface area contributed by atoms with Crippen molar-refractivity contribution in [3.05, 3.63) is 71.8 Å². The molecule has 0 spiro atoms. The minimum absolute atomic E-state index is 0.740. The summed E-state index contributed by atoms with van der Waals surface area (Å²) < 4.78 is 0. The predicted molar refractivity (Wildman–Crippen MR) is 104 cm³/mol. The molecule has 2 rings (SSSR count). The van der Waals surface area contributed by atoms with E-state index in [-0.39, 0.29) is 0 Å². The second-order valence-corrected chi connectivity index (χ2v) is 5.50. The van der Waals surface area contributed by atoms with Crippen LogP contribution in [-0.2, 0) is 22.4 Å². The summed E-state index contributed by atoms with van der Waals surface area (Å²) in [7, 11) is 0. The van der Waals surface area contributed by atoms with Crippen molar-refractivity contribution in [2.45, 2.75) is 25.4 Å². The molecule has 1 unspecified atom stereocenters. The van der Waals surface area contributed by atoms with Crippen molar-refractivity contribution in [2.75, 3.05) is 13.1 Å². The summed E-state index contributed by atoms with van der Waals surface area (Å²) in [6, 6.07) is 20.5. The molecule has 0 aliphatic rings. The highest BCUT2D eigenvalue weighted by Gasteiger charge is 2.16. The first-order chi connectivity index (χ1) is 12.9. The largest absolute Gasteiger partial charge is 0.481 e. The average molecular weight is 376 g/mol. The third-order valence-electron chi connectivity index (χ3n) is 3.20. The van der Waals surface area contributed by atoms with Gasteiger partial charge in [0.2, 0.25) is 0 Å². The number of carbonyl (C=O) groups is 2. The molecular formula is C20H28N2O5. The molecule has 1 atom stereocenters. The summed E-state index contributed by atoms with van der Waals surface area (Å²) in [6.07, 6.45) is -0.570. The molecule has 0 saturated carbocycles. The molecule has 2 aromatic rings. The Labute approximate surface area is 159 Å². The van der Waals surface area contributed by atoms with Crippen molar-refractivity contribution in [1.82, 2.24) is 0 Å². The van der Waals surface area contributed by atoms with Crippen LogP contribution in [0.1, 0.15) is 17.5 Å². The van der Waals surface area contributed by atoms with Crippen LogP contribution in [0.2, 0.25) is 0 Å². The molecule has 0 heterocycles. The molecule has 0 aliphatic carbocycles. The van der Waals surface area contributed by atoms with E-state index in [1.165, 1.54) is 11.1 Å². The molecule has 7 N–H and O–H groups in total. The first-order valence-corrected chi connectivity index (χ1v) is 8.51. The number of carboxylic acids is 2. The number of aliphatic hydroxyl groups excluding tert-OH is 1. The molecule has 0 bridgehead atoms. The molecule has 7 nitrogen and oxygen atoms in total. The first kappa shape index (κ1) is 24.3. The van der Waals surface area contributed by atoms with Crippen molar-refractivity contribution in [1.29, 1.82) is 0 Å². The van der Waals surface area contributed by atoms with Gasteiger partial charge in [-0.1, -0.05) is 60.7 Å². The molecular weight excluding hydrogens is 348 g/mol. The van der Waals surface area contributed by atoms with Gasteiger partial charge in [-0.25, -0.2) is 4.79 Å². The second-order valence-electron chi connectivity index (χ2n) is 5.50. The minimum atomic E-state index is -1.79. The third kappa shape index (κ3) is 14.1. The molecule has 0 aromatic heterocycles. The second kappa shape index (κ2) is 15.5. The normalized spacial score (nSPS) is 10.5. The highest BCUT2D eigenvalue weighted by Crippen LogP contribution is 1.97. The van der Waals surface area contributed by atoms with E-state index in [2.05, 4.69) is 24.3 Å². The number of carboxylic acid groups (broad SMARTS) is 2. The smallest absolute Gasteiger partial charge is 0.333 e. The quantitative estimate of drug-likeness (QED) is 0.489. The van der Waals surface area contributed by atoms with Crippen molar-refractivity contribution < 1.29 is 24.9 Å². The minimum Gasteiger partial charge on any atom is -0.481 e. The van der Waals surface area contributed by atoms with Crippen LogP contribution in [0, 0.1) is 0 Å². The lowest BCUT2D eigenvalue weighted by Crippen LogP contribution is -2.22. The molecule has 7 heteroatoms. The van der Waals surface area contributed by atoms with Crippen LogP contribution in [0.15, 0.2) is 60.7 Å². The topological polar surface area (TPSA) is 147 Å². The molecule has 148 valence electrons. The van der Waals surface area contributed by atoms with Gasteiger partial charge in [0, 0.05) is 0 Å². The van der Waals surface area contributed by atoms with E-state index in [0.29, 0.717) is 0 Å². The maximum Gasteiger partial charge on any atom is 0.333 e. The zero-order valence-electron chi connectivity index (χ0n) is 15.2. The van der Waals surface area contributed by atoms with E-state index >= 15 is 0 Å². The SMILES string of the molecule is NCCc1ccccc1.NCCc1ccccc1.O=C(O)CC(O)C(=O)O. The van der Waals surface area contributed by atoms with Crippen LogP contribution >= 0.6 is 0 Å². The molecule has 0 saturated heterocycles. The van der Waals surface area contributed by atoms with E-state index in [9.17, 15) is 9.59 Å². The fourth-order valence-corrected chi connectivity index (χ4v) is 1.88. The highest BCUT2D eigenvalue weighted by atomic mass is 16.4. The number of hydrogen-bond donors (Lipinski definition) is 5. The Balaban J connectivity index is 0.000000376. The van der Waals surface area contributed by atoms with Crippen LogP contribution in [-0.4, -0.2) is 46.5 Å². The summed E-state index contributed by atoms with van der Waals surface area (Å²) in [5.41, 5.74) is 13.4. The van der Waals surface area contributed by atoms with Gasteiger partial charge in [-0.15, -0.1) is 0 Å². The number of rotatable bonds is 7. The van der Waals surface area contributed by atoms with Crippen molar-refractivity contribution in [3.63, 3.8) is 0 Å². The average Bonchev–Trinajstić information content (AvgIpc) is 2.64. The molecule has 27 heavy (non-hydrogen) atoms. The van der Waals surface area contributed by atoms with Crippen LogP contribution in [0.3, 0.4) is 0 Å². The van der Waals surface area contributed by atoms with Gasteiger partial charge in [0.05, 0.1) is 6.42 Å².